The van der Waals surface area contributed by atoms with E-state index in [4.69, 9.17) is 14.2 Å². The third-order valence-corrected chi connectivity index (χ3v) is 3.05. The maximum Gasteiger partial charge on any atom is 0.319 e. The molecule has 2 aromatic carbocycles. The molecular formula is C17H20N2O4. The van der Waals surface area contributed by atoms with Crippen LogP contribution >= 0.6 is 0 Å². The molecule has 0 bridgehead atoms. The van der Waals surface area contributed by atoms with E-state index in [1.807, 2.05) is 30.3 Å². The molecular weight excluding hydrogens is 296 g/mol. The van der Waals surface area contributed by atoms with Gasteiger partial charge >= 0.3 is 6.03 Å². The second-order valence-electron chi connectivity index (χ2n) is 4.58. The smallest absolute Gasteiger partial charge is 0.319 e. The lowest BCUT2D eigenvalue weighted by Crippen LogP contribution is -2.32. The highest BCUT2D eigenvalue weighted by Crippen LogP contribution is 2.34. The van der Waals surface area contributed by atoms with Crippen molar-refractivity contribution in [3.05, 3.63) is 48.5 Å². The van der Waals surface area contributed by atoms with E-state index in [1.54, 1.807) is 25.3 Å². The summed E-state index contributed by atoms with van der Waals surface area (Å²) in [6, 6.07) is 14.4. The molecule has 2 amide bonds. The van der Waals surface area contributed by atoms with Crippen molar-refractivity contribution in [2.45, 2.75) is 0 Å². The molecule has 2 aromatic rings. The molecule has 0 fully saturated rings. The summed E-state index contributed by atoms with van der Waals surface area (Å²) in [5, 5.41) is 5.44. The number of methoxy groups -OCH3 is 2. The van der Waals surface area contributed by atoms with E-state index in [2.05, 4.69) is 10.6 Å². The zero-order valence-electron chi connectivity index (χ0n) is 13.2. The number of nitrogens with one attached hydrogen (secondary N) is 2. The van der Waals surface area contributed by atoms with Gasteiger partial charge in [-0.25, -0.2) is 4.79 Å². The zero-order chi connectivity index (χ0) is 16.5. The van der Waals surface area contributed by atoms with Gasteiger partial charge < -0.3 is 24.8 Å². The van der Waals surface area contributed by atoms with Crippen molar-refractivity contribution in [2.24, 2.45) is 0 Å². The maximum absolute atomic E-state index is 11.9. The number of benzene rings is 2. The number of ether oxygens (including phenoxy) is 3. The molecule has 6 nitrogen and oxygen atoms in total. The van der Waals surface area contributed by atoms with Gasteiger partial charge in [0.15, 0.2) is 11.5 Å². The number of hydrogen-bond donors (Lipinski definition) is 2. The summed E-state index contributed by atoms with van der Waals surface area (Å²) in [7, 11) is 3.07. The van der Waals surface area contributed by atoms with Crippen LogP contribution < -0.4 is 24.8 Å². The van der Waals surface area contributed by atoms with Crippen LogP contribution in [-0.2, 0) is 0 Å². The van der Waals surface area contributed by atoms with Gasteiger partial charge in [0.05, 0.1) is 26.5 Å². The highest BCUT2D eigenvalue weighted by Gasteiger charge is 2.11. The van der Waals surface area contributed by atoms with Crippen LogP contribution in [0.5, 0.6) is 17.2 Å². The lowest BCUT2D eigenvalue weighted by Gasteiger charge is -2.14. The molecule has 0 aliphatic rings. The second kappa shape index (κ2) is 8.53. The molecule has 122 valence electrons. The van der Waals surface area contributed by atoms with Crippen molar-refractivity contribution in [1.29, 1.82) is 0 Å². The molecule has 2 rings (SSSR count). The third-order valence-electron chi connectivity index (χ3n) is 3.05. The van der Waals surface area contributed by atoms with Gasteiger partial charge in [-0.05, 0) is 24.3 Å². The standard InChI is InChI=1S/C17H20N2O4/c1-21-15-10-6-9-14(16(15)22-2)19-17(20)18-11-12-23-13-7-4-3-5-8-13/h3-10H,11-12H2,1-2H3,(H2,18,19,20). The summed E-state index contributed by atoms with van der Waals surface area (Å²) in [6.45, 7) is 0.764. The van der Waals surface area contributed by atoms with Crippen molar-refractivity contribution < 1.29 is 19.0 Å². The molecule has 0 spiro atoms. The summed E-state index contributed by atoms with van der Waals surface area (Å²) in [4.78, 5) is 11.9. The lowest BCUT2D eigenvalue weighted by atomic mass is 10.2. The second-order valence-corrected chi connectivity index (χ2v) is 4.58. The van der Waals surface area contributed by atoms with E-state index in [0.29, 0.717) is 30.3 Å². The van der Waals surface area contributed by atoms with Crippen LogP contribution in [0.25, 0.3) is 0 Å². The quantitative estimate of drug-likeness (QED) is 0.771. The summed E-state index contributed by atoms with van der Waals surface area (Å²) in [6.07, 6.45) is 0. The summed E-state index contributed by atoms with van der Waals surface area (Å²) < 4.78 is 15.9. The maximum atomic E-state index is 11.9. The Morgan fingerprint density at radius 2 is 1.78 bits per heavy atom. The molecule has 6 heteroatoms. The SMILES string of the molecule is COc1cccc(NC(=O)NCCOc2ccccc2)c1OC. The molecule has 0 saturated carbocycles. The van der Waals surface area contributed by atoms with E-state index in [-0.39, 0.29) is 6.03 Å². The van der Waals surface area contributed by atoms with Gasteiger partial charge in [0, 0.05) is 0 Å². The number of hydrogen-bond acceptors (Lipinski definition) is 4. The number of urea groups is 1. The van der Waals surface area contributed by atoms with Crippen LogP contribution in [0, 0.1) is 0 Å². The fraction of sp³-hybridized carbons (Fsp3) is 0.235. The molecule has 0 radical (unpaired) electrons. The summed E-state index contributed by atoms with van der Waals surface area (Å²) in [5.41, 5.74) is 0.535. The first-order chi connectivity index (χ1) is 11.2. The Labute approximate surface area is 135 Å². The van der Waals surface area contributed by atoms with Gasteiger partial charge in [0.2, 0.25) is 0 Å². The normalized spacial score (nSPS) is 9.83. The summed E-state index contributed by atoms with van der Waals surface area (Å²) >= 11 is 0. The Hall–Kier alpha value is -2.89. The first-order valence-electron chi connectivity index (χ1n) is 7.18. The average molecular weight is 316 g/mol. The monoisotopic (exact) mass is 316 g/mol. The van der Waals surface area contributed by atoms with Gasteiger partial charge in [-0.15, -0.1) is 0 Å². The molecule has 0 aromatic heterocycles. The molecule has 0 heterocycles. The molecule has 0 aliphatic carbocycles. The zero-order valence-corrected chi connectivity index (χ0v) is 13.2. The van der Waals surface area contributed by atoms with Crippen molar-refractivity contribution in [3.63, 3.8) is 0 Å². The van der Waals surface area contributed by atoms with Crippen LogP contribution in [0.15, 0.2) is 48.5 Å². The number of anilines is 1. The van der Waals surface area contributed by atoms with Crippen molar-refractivity contribution in [2.75, 3.05) is 32.7 Å². The lowest BCUT2D eigenvalue weighted by molar-refractivity contribution is 0.247. The van der Waals surface area contributed by atoms with Crippen LogP contribution in [0.4, 0.5) is 10.5 Å². The molecule has 0 atom stereocenters. The van der Waals surface area contributed by atoms with E-state index in [1.165, 1.54) is 7.11 Å². The van der Waals surface area contributed by atoms with Gasteiger partial charge in [-0.2, -0.15) is 0 Å². The average Bonchev–Trinajstić information content (AvgIpc) is 2.59. The third kappa shape index (κ3) is 4.81. The molecule has 23 heavy (non-hydrogen) atoms. The topological polar surface area (TPSA) is 68.8 Å². The molecule has 0 saturated heterocycles. The van der Waals surface area contributed by atoms with Crippen LogP contribution in [0.1, 0.15) is 0 Å². The largest absolute Gasteiger partial charge is 0.493 e. The minimum atomic E-state index is -0.340. The van der Waals surface area contributed by atoms with Crippen molar-refractivity contribution in [1.82, 2.24) is 5.32 Å². The molecule has 0 unspecified atom stereocenters. The fourth-order valence-corrected chi connectivity index (χ4v) is 2.00. The number of carbonyl (C=O) groups excluding carboxylic acids is 1. The van der Waals surface area contributed by atoms with E-state index >= 15 is 0 Å². The first-order valence-corrected chi connectivity index (χ1v) is 7.18. The minimum absolute atomic E-state index is 0.340. The van der Waals surface area contributed by atoms with Gasteiger partial charge in [-0.1, -0.05) is 24.3 Å². The Balaban J connectivity index is 1.81. The van der Waals surface area contributed by atoms with Crippen LogP contribution in [0.3, 0.4) is 0 Å². The van der Waals surface area contributed by atoms with E-state index < -0.39 is 0 Å². The van der Waals surface area contributed by atoms with E-state index in [9.17, 15) is 4.79 Å². The Kier molecular flexibility index (Phi) is 6.11. The molecule has 0 aliphatic heterocycles. The minimum Gasteiger partial charge on any atom is -0.493 e. The Bertz CT molecular complexity index is 632. The first kappa shape index (κ1) is 16.5. The fourth-order valence-electron chi connectivity index (χ4n) is 2.00. The number of rotatable bonds is 7. The number of carbonyl (C=O) groups is 1. The predicted octanol–water partition coefficient (Wildman–Crippen LogP) is 2.90. The Morgan fingerprint density at radius 1 is 1.00 bits per heavy atom. The number of para-hydroxylation sites is 2. The van der Waals surface area contributed by atoms with Crippen molar-refractivity contribution in [3.8, 4) is 17.2 Å². The van der Waals surface area contributed by atoms with Crippen molar-refractivity contribution >= 4 is 11.7 Å². The highest BCUT2D eigenvalue weighted by molar-refractivity contribution is 5.91. The summed E-state index contributed by atoms with van der Waals surface area (Å²) in [5.74, 6) is 1.80. The molecule has 2 N–H and O–H groups in total. The number of amides is 2. The van der Waals surface area contributed by atoms with Gasteiger partial charge in [-0.3, -0.25) is 0 Å². The Morgan fingerprint density at radius 3 is 2.48 bits per heavy atom. The predicted molar refractivity (Wildman–Crippen MR) is 88.5 cm³/mol. The van der Waals surface area contributed by atoms with Crippen LogP contribution in [0.2, 0.25) is 0 Å². The highest BCUT2D eigenvalue weighted by atomic mass is 16.5. The van der Waals surface area contributed by atoms with Crippen LogP contribution in [-0.4, -0.2) is 33.4 Å². The van der Waals surface area contributed by atoms with Gasteiger partial charge in [0.25, 0.3) is 0 Å². The van der Waals surface area contributed by atoms with E-state index in [0.717, 1.165) is 5.75 Å². The van der Waals surface area contributed by atoms with Gasteiger partial charge in [0.1, 0.15) is 12.4 Å².